The fraction of sp³-hybridized carbons (Fsp3) is 0.400. The molecule has 94 valence electrons. The van der Waals surface area contributed by atoms with Gasteiger partial charge in [-0.2, -0.15) is 0 Å². The Morgan fingerprint density at radius 2 is 2.29 bits per heavy atom. The lowest BCUT2D eigenvalue weighted by molar-refractivity contribution is -0.122. The van der Waals surface area contributed by atoms with Crippen LogP contribution in [0.25, 0.3) is 0 Å². The third kappa shape index (κ3) is 5.43. The zero-order chi connectivity index (χ0) is 12.7. The van der Waals surface area contributed by atoms with Gasteiger partial charge in [0.05, 0.1) is 12.2 Å². The second kappa shape index (κ2) is 7.00. The molecule has 4 N–H and O–H groups in total. The van der Waals surface area contributed by atoms with E-state index in [9.17, 15) is 9.59 Å². The van der Waals surface area contributed by atoms with Gasteiger partial charge in [0.25, 0.3) is 0 Å². The third-order valence-electron chi connectivity index (χ3n) is 1.87. The minimum Gasteiger partial charge on any atom is -0.478 e. The number of carboxylic acids is 1. The van der Waals surface area contributed by atoms with E-state index in [-0.39, 0.29) is 6.61 Å². The van der Waals surface area contributed by atoms with Gasteiger partial charge in [0.15, 0.2) is 0 Å². The Morgan fingerprint density at radius 1 is 1.53 bits per heavy atom. The fourth-order valence-electron chi connectivity index (χ4n) is 1.11. The number of ether oxygens (including phenoxy) is 1. The number of primary amides is 1. The van der Waals surface area contributed by atoms with E-state index >= 15 is 0 Å². The minimum atomic E-state index is -0.919. The molecule has 17 heavy (non-hydrogen) atoms. The number of hydrogen-bond donors (Lipinski definition) is 3. The van der Waals surface area contributed by atoms with Crippen LogP contribution in [0.4, 0.5) is 0 Å². The molecule has 0 saturated carbocycles. The molecular weight excluding hydrogens is 244 g/mol. The normalized spacial score (nSPS) is 10.4. The second-order valence-electron chi connectivity index (χ2n) is 3.30. The first-order chi connectivity index (χ1) is 8.09. The molecular formula is C10H14N2O4S. The third-order valence-corrected chi connectivity index (χ3v) is 2.80. The van der Waals surface area contributed by atoms with Crippen molar-refractivity contribution in [2.75, 3.05) is 19.8 Å². The van der Waals surface area contributed by atoms with Gasteiger partial charge < -0.3 is 20.9 Å². The number of nitrogens with one attached hydrogen (secondary N) is 1. The molecule has 0 aromatic carbocycles. The smallest absolute Gasteiger partial charge is 0.336 e. The molecule has 0 fully saturated rings. The molecule has 7 heteroatoms. The van der Waals surface area contributed by atoms with Crippen molar-refractivity contribution >= 4 is 23.2 Å². The van der Waals surface area contributed by atoms with Gasteiger partial charge in [0.2, 0.25) is 5.91 Å². The Hall–Kier alpha value is -1.44. The number of nitrogens with two attached hydrogens (primary N) is 1. The van der Waals surface area contributed by atoms with Crippen molar-refractivity contribution in [3.8, 4) is 0 Å². The van der Waals surface area contributed by atoms with Crippen LogP contribution in [-0.4, -0.2) is 36.7 Å². The fourth-order valence-corrected chi connectivity index (χ4v) is 1.94. The Kier molecular flexibility index (Phi) is 5.61. The Bertz CT molecular complexity index is 391. The van der Waals surface area contributed by atoms with Gasteiger partial charge in [0.1, 0.15) is 6.61 Å². The van der Waals surface area contributed by atoms with Crippen LogP contribution in [0.2, 0.25) is 0 Å². The van der Waals surface area contributed by atoms with Crippen LogP contribution >= 0.6 is 11.3 Å². The van der Waals surface area contributed by atoms with Gasteiger partial charge in [-0.1, -0.05) is 0 Å². The Morgan fingerprint density at radius 3 is 2.88 bits per heavy atom. The van der Waals surface area contributed by atoms with Gasteiger partial charge in [-0.05, 0) is 6.07 Å². The highest BCUT2D eigenvalue weighted by Gasteiger charge is 2.05. The van der Waals surface area contributed by atoms with E-state index in [2.05, 4.69) is 5.32 Å². The van der Waals surface area contributed by atoms with Crippen molar-refractivity contribution in [3.05, 3.63) is 21.9 Å². The molecule has 0 spiro atoms. The molecule has 0 saturated heterocycles. The summed E-state index contributed by atoms with van der Waals surface area (Å²) in [4.78, 5) is 21.9. The lowest BCUT2D eigenvalue weighted by Crippen LogP contribution is -2.23. The van der Waals surface area contributed by atoms with Gasteiger partial charge in [-0.3, -0.25) is 4.79 Å². The number of hydrogen-bond acceptors (Lipinski definition) is 5. The number of thiophene rings is 1. The zero-order valence-electron chi connectivity index (χ0n) is 9.14. The monoisotopic (exact) mass is 258 g/mol. The Labute approximate surface area is 102 Å². The summed E-state index contributed by atoms with van der Waals surface area (Å²) in [5.41, 5.74) is 5.19. The van der Waals surface area contributed by atoms with Crippen LogP contribution < -0.4 is 11.1 Å². The molecule has 1 aromatic heterocycles. The molecule has 6 nitrogen and oxygen atoms in total. The summed E-state index contributed by atoms with van der Waals surface area (Å²) in [6.45, 7) is 1.47. The van der Waals surface area contributed by atoms with Gasteiger partial charge in [0, 0.05) is 23.3 Å². The van der Waals surface area contributed by atoms with Crippen molar-refractivity contribution in [3.63, 3.8) is 0 Å². The summed E-state index contributed by atoms with van der Waals surface area (Å²) < 4.78 is 4.95. The van der Waals surface area contributed by atoms with Crippen molar-refractivity contribution < 1.29 is 19.4 Å². The number of rotatable bonds is 8. The van der Waals surface area contributed by atoms with Crippen LogP contribution in [0.5, 0.6) is 0 Å². The molecule has 0 aliphatic carbocycles. The molecule has 1 heterocycles. The van der Waals surface area contributed by atoms with E-state index in [1.165, 1.54) is 11.3 Å². The second-order valence-corrected chi connectivity index (χ2v) is 4.30. The molecule has 1 aromatic rings. The lowest BCUT2D eigenvalue weighted by atomic mass is 10.3. The average Bonchev–Trinajstić information content (AvgIpc) is 2.71. The summed E-state index contributed by atoms with van der Waals surface area (Å²) >= 11 is 1.39. The summed E-state index contributed by atoms with van der Waals surface area (Å²) in [6, 6.07) is 1.63. The predicted molar refractivity (Wildman–Crippen MR) is 63.0 cm³/mol. The first-order valence-corrected chi connectivity index (χ1v) is 5.85. The summed E-state index contributed by atoms with van der Waals surface area (Å²) in [5.74, 6) is -1.41. The first kappa shape index (κ1) is 13.6. The maximum Gasteiger partial charge on any atom is 0.336 e. The Balaban J connectivity index is 2.13. The number of aromatic carboxylic acids is 1. The van der Waals surface area contributed by atoms with E-state index in [1.807, 2.05) is 0 Å². The standard InChI is InChI=1S/C10H14N2O4S/c11-9(13)5-16-2-1-12-4-8-3-7(6-17-8)10(14)15/h3,6,12H,1-2,4-5H2,(H2,11,13)(H,14,15). The molecule has 1 rings (SSSR count). The number of amides is 1. The molecule has 0 bridgehead atoms. The number of carbonyl (C=O) groups excluding carboxylic acids is 1. The van der Waals surface area contributed by atoms with Gasteiger partial charge >= 0.3 is 5.97 Å². The summed E-state index contributed by atoms with van der Waals surface area (Å²) in [6.07, 6.45) is 0. The van der Waals surface area contributed by atoms with E-state index in [4.69, 9.17) is 15.6 Å². The van der Waals surface area contributed by atoms with Crippen LogP contribution in [-0.2, 0) is 16.1 Å². The SMILES string of the molecule is NC(=O)COCCNCc1cc(C(=O)O)cs1. The highest BCUT2D eigenvalue weighted by molar-refractivity contribution is 7.10. The molecule has 0 atom stereocenters. The quantitative estimate of drug-likeness (QED) is 0.571. The van der Waals surface area contributed by atoms with E-state index < -0.39 is 11.9 Å². The summed E-state index contributed by atoms with van der Waals surface area (Å²) in [5, 5.41) is 13.4. The lowest BCUT2D eigenvalue weighted by Gasteiger charge is -2.03. The molecule has 0 aliphatic heterocycles. The van der Waals surface area contributed by atoms with Crippen molar-refractivity contribution in [2.24, 2.45) is 5.73 Å². The topological polar surface area (TPSA) is 102 Å². The molecule has 0 aliphatic rings. The number of carbonyl (C=O) groups is 2. The molecule has 0 radical (unpaired) electrons. The predicted octanol–water partition coefficient (Wildman–Crippen LogP) is 0.0378. The maximum absolute atomic E-state index is 10.6. The van der Waals surface area contributed by atoms with Crippen LogP contribution in [0, 0.1) is 0 Å². The van der Waals surface area contributed by atoms with E-state index in [0.29, 0.717) is 25.3 Å². The van der Waals surface area contributed by atoms with Crippen molar-refractivity contribution in [1.82, 2.24) is 5.32 Å². The largest absolute Gasteiger partial charge is 0.478 e. The minimum absolute atomic E-state index is 0.0795. The number of carboxylic acid groups (broad SMARTS) is 1. The van der Waals surface area contributed by atoms with Gasteiger partial charge in [-0.25, -0.2) is 4.79 Å². The van der Waals surface area contributed by atoms with Gasteiger partial charge in [-0.15, -0.1) is 11.3 Å². The van der Waals surface area contributed by atoms with Crippen molar-refractivity contribution in [1.29, 1.82) is 0 Å². The van der Waals surface area contributed by atoms with E-state index in [1.54, 1.807) is 11.4 Å². The van der Waals surface area contributed by atoms with Crippen molar-refractivity contribution in [2.45, 2.75) is 6.54 Å². The van der Waals surface area contributed by atoms with Crippen LogP contribution in [0.1, 0.15) is 15.2 Å². The van der Waals surface area contributed by atoms with Crippen LogP contribution in [0.15, 0.2) is 11.4 Å². The van der Waals surface area contributed by atoms with Crippen LogP contribution in [0.3, 0.4) is 0 Å². The molecule has 0 unspecified atom stereocenters. The summed E-state index contributed by atoms with van der Waals surface area (Å²) in [7, 11) is 0. The molecule has 1 amide bonds. The first-order valence-electron chi connectivity index (χ1n) is 4.97. The maximum atomic E-state index is 10.6. The highest BCUT2D eigenvalue weighted by atomic mass is 32.1. The highest BCUT2D eigenvalue weighted by Crippen LogP contribution is 2.14. The zero-order valence-corrected chi connectivity index (χ0v) is 9.96. The van der Waals surface area contributed by atoms with E-state index in [0.717, 1.165) is 4.88 Å². The average molecular weight is 258 g/mol.